The first-order chi connectivity index (χ1) is 12.1. The Morgan fingerprint density at radius 1 is 1.20 bits per heavy atom. The van der Waals surface area contributed by atoms with Crippen LogP contribution in [-0.4, -0.2) is 70.4 Å². The number of hydrogen-bond acceptors (Lipinski definition) is 5. The largest absolute Gasteiger partial charge is 0.507 e. The number of aromatic nitrogens is 3. The fourth-order valence-corrected chi connectivity index (χ4v) is 3.29. The molecule has 1 aliphatic rings. The van der Waals surface area contributed by atoms with Crippen molar-refractivity contribution < 1.29 is 5.11 Å². The van der Waals surface area contributed by atoms with Crippen LogP contribution in [0.3, 0.4) is 0 Å². The van der Waals surface area contributed by atoms with Crippen LogP contribution >= 0.6 is 0 Å². The van der Waals surface area contributed by atoms with Crippen LogP contribution in [0.25, 0.3) is 22.3 Å². The second-order valence-electron chi connectivity index (χ2n) is 7.04. The Hall–Kier alpha value is -2.44. The molecule has 25 heavy (non-hydrogen) atoms. The fourth-order valence-electron chi connectivity index (χ4n) is 3.29. The van der Waals surface area contributed by atoms with Crippen molar-refractivity contribution in [2.45, 2.75) is 5.92 Å². The number of aromatic hydroxyl groups is 1. The summed E-state index contributed by atoms with van der Waals surface area (Å²) >= 11 is 0. The van der Waals surface area contributed by atoms with Crippen LogP contribution in [0.2, 0.25) is 0 Å². The van der Waals surface area contributed by atoms with Crippen LogP contribution in [0, 0.1) is 0 Å². The van der Waals surface area contributed by atoms with E-state index in [-0.39, 0.29) is 5.75 Å². The Morgan fingerprint density at radius 2 is 2.00 bits per heavy atom. The molecule has 4 rings (SSSR count). The molecule has 6 nitrogen and oxygen atoms in total. The molecule has 1 fully saturated rings. The molecule has 0 radical (unpaired) electrons. The van der Waals surface area contributed by atoms with Crippen molar-refractivity contribution in [1.82, 2.24) is 25.0 Å². The lowest BCUT2D eigenvalue weighted by Crippen LogP contribution is -2.47. The molecule has 1 aliphatic heterocycles. The average Bonchev–Trinajstić information content (AvgIpc) is 2.96. The first-order valence-electron chi connectivity index (χ1n) is 8.62. The quantitative estimate of drug-likeness (QED) is 0.748. The van der Waals surface area contributed by atoms with Gasteiger partial charge in [0.1, 0.15) is 5.75 Å². The van der Waals surface area contributed by atoms with E-state index >= 15 is 0 Å². The number of H-pyrrole nitrogens is 1. The number of rotatable bonds is 5. The van der Waals surface area contributed by atoms with Crippen LogP contribution < -0.4 is 0 Å². The van der Waals surface area contributed by atoms with Crippen molar-refractivity contribution in [3.05, 3.63) is 42.1 Å². The number of fused-ring (bicyclic) bond motifs is 1. The standard InChI is InChI=1S/C19H23N5O/c1-23(2)7-8-24-11-14(12-24)16-9-13-10-17(21-22-19(13)20-16)15-5-3-4-6-18(15)25/h3-6,9-10,14,25H,7-8,11-12H2,1-2H3,(H,20,22). The van der Waals surface area contributed by atoms with Crippen molar-refractivity contribution in [3.63, 3.8) is 0 Å². The number of benzene rings is 1. The normalized spacial score (nSPS) is 15.8. The number of nitrogens with one attached hydrogen (secondary N) is 1. The Balaban J connectivity index is 1.51. The van der Waals surface area contributed by atoms with Gasteiger partial charge in [-0.3, -0.25) is 0 Å². The highest BCUT2D eigenvalue weighted by molar-refractivity contribution is 5.81. The van der Waals surface area contributed by atoms with Gasteiger partial charge < -0.3 is 19.9 Å². The fraction of sp³-hybridized carbons (Fsp3) is 0.368. The molecule has 0 atom stereocenters. The molecule has 3 heterocycles. The Morgan fingerprint density at radius 3 is 2.76 bits per heavy atom. The minimum Gasteiger partial charge on any atom is -0.507 e. The zero-order valence-corrected chi connectivity index (χ0v) is 14.6. The molecule has 0 amide bonds. The maximum atomic E-state index is 10.0. The zero-order chi connectivity index (χ0) is 17.4. The highest BCUT2D eigenvalue weighted by Gasteiger charge is 2.29. The van der Waals surface area contributed by atoms with E-state index in [1.165, 1.54) is 5.69 Å². The highest BCUT2D eigenvalue weighted by Crippen LogP contribution is 2.31. The molecule has 0 saturated carbocycles. The molecule has 2 aromatic heterocycles. The highest BCUT2D eigenvalue weighted by atomic mass is 16.3. The third kappa shape index (κ3) is 3.23. The number of para-hydroxylation sites is 1. The lowest BCUT2D eigenvalue weighted by molar-refractivity contribution is 0.134. The van der Waals surface area contributed by atoms with Crippen LogP contribution in [0.1, 0.15) is 11.6 Å². The van der Waals surface area contributed by atoms with Crippen molar-refractivity contribution in [3.8, 4) is 17.0 Å². The van der Waals surface area contributed by atoms with E-state index in [4.69, 9.17) is 0 Å². The molecule has 2 N–H and O–H groups in total. The number of phenolic OH excluding ortho intramolecular Hbond substituents is 1. The van der Waals surface area contributed by atoms with Crippen LogP contribution in [0.5, 0.6) is 5.75 Å². The van der Waals surface area contributed by atoms with Gasteiger partial charge in [-0.15, -0.1) is 10.2 Å². The first kappa shape index (κ1) is 16.1. The van der Waals surface area contributed by atoms with Gasteiger partial charge in [0.25, 0.3) is 0 Å². The van der Waals surface area contributed by atoms with Crippen molar-refractivity contribution >= 4 is 11.0 Å². The first-order valence-corrected chi connectivity index (χ1v) is 8.62. The molecular weight excluding hydrogens is 314 g/mol. The number of likely N-dealkylation sites (tertiary alicyclic amines) is 1. The predicted molar refractivity (Wildman–Crippen MR) is 98.7 cm³/mol. The topological polar surface area (TPSA) is 68.3 Å². The number of hydrogen-bond donors (Lipinski definition) is 2. The summed E-state index contributed by atoms with van der Waals surface area (Å²) in [5, 5.41) is 19.6. The summed E-state index contributed by atoms with van der Waals surface area (Å²) in [4.78, 5) is 8.09. The van der Waals surface area contributed by atoms with Gasteiger partial charge in [0.05, 0.1) is 5.69 Å². The molecule has 0 unspecified atom stereocenters. The minimum absolute atomic E-state index is 0.224. The van der Waals surface area contributed by atoms with E-state index in [0.29, 0.717) is 17.2 Å². The van der Waals surface area contributed by atoms with Gasteiger partial charge in [-0.05, 0) is 38.4 Å². The number of phenols is 1. The third-order valence-corrected chi connectivity index (χ3v) is 4.84. The van der Waals surface area contributed by atoms with E-state index in [0.717, 1.165) is 37.2 Å². The number of likely N-dealkylation sites (N-methyl/N-ethyl adjacent to an activating group) is 1. The second kappa shape index (κ2) is 6.46. The van der Waals surface area contributed by atoms with Gasteiger partial charge >= 0.3 is 0 Å². The summed E-state index contributed by atoms with van der Waals surface area (Å²) in [5.41, 5.74) is 3.43. The van der Waals surface area contributed by atoms with Gasteiger partial charge in [-0.1, -0.05) is 12.1 Å². The second-order valence-corrected chi connectivity index (χ2v) is 7.04. The van der Waals surface area contributed by atoms with E-state index in [9.17, 15) is 5.11 Å². The van der Waals surface area contributed by atoms with Gasteiger partial charge in [-0.25, -0.2) is 0 Å². The smallest absolute Gasteiger partial charge is 0.160 e. The Labute approximate surface area is 147 Å². The molecule has 130 valence electrons. The zero-order valence-electron chi connectivity index (χ0n) is 14.6. The van der Waals surface area contributed by atoms with Crippen molar-refractivity contribution in [2.24, 2.45) is 0 Å². The summed E-state index contributed by atoms with van der Waals surface area (Å²) in [6, 6.07) is 11.4. The van der Waals surface area contributed by atoms with Crippen LogP contribution in [-0.2, 0) is 0 Å². The van der Waals surface area contributed by atoms with Gasteiger partial charge in [0.15, 0.2) is 5.65 Å². The number of nitrogens with zero attached hydrogens (tertiary/aromatic N) is 4. The average molecular weight is 337 g/mol. The van der Waals surface area contributed by atoms with Crippen LogP contribution in [0.4, 0.5) is 0 Å². The van der Waals surface area contributed by atoms with Crippen LogP contribution in [0.15, 0.2) is 36.4 Å². The molecule has 0 bridgehead atoms. The summed E-state index contributed by atoms with van der Waals surface area (Å²) in [6.07, 6.45) is 0. The molecule has 0 aliphatic carbocycles. The molecule has 0 spiro atoms. The monoisotopic (exact) mass is 337 g/mol. The van der Waals surface area contributed by atoms with Gasteiger partial charge in [-0.2, -0.15) is 0 Å². The lowest BCUT2D eigenvalue weighted by Gasteiger charge is -2.39. The third-order valence-electron chi connectivity index (χ3n) is 4.84. The molecular formula is C19H23N5O. The van der Waals surface area contributed by atoms with E-state index < -0.39 is 0 Å². The van der Waals surface area contributed by atoms with E-state index in [2.05, 4.69) is 45.1 Å². The predicted octanol–water partition coefficient (Wildman–Crippen LogP) is 2.29. The van der Waals surface area contributed by atoms with E-state index in [1.54, 1.807) is 12.1 Å². The minimum atomic E-state index is 0.224. The Kier molecular flexibility index (Phi) is 4.15. The summed E-state index contributed by atoms with van der Waals surface area (Å²) in [6.45, 7) is 4.37. The maximum Gasteiger partial charge on any atom is 0.160 e. The van der Waals surface area contributed by atoms with Crippen molar-refractivity contribution in [1.29, 1.82) is 0 Å². The SMILES string of the molecule is CN(C)CCN1CC(c2cc3cc(-c4ccccc4O)nnc3[nH]2)C1. The molecule has 6 heteroatoms. The molecule has 3 aromatic rings. The summed E-state index contributed by atoms with van der Waals surface area (Å²) in [7, 11) is 4.21. The van der Waals surface area contributed by atoms with Gasteiger partial charge in [0, 0.05) is 48.7 Å². The van der Waals surface area contributed by atoms with E-state index in [1.807, 2.05) is 18.2 Å². The number of aromatic amines is 1. The lowest BCUT2D eigenvalue weighted by atomic mass is 9.96. The van der Waals surface area contributed by atoms with Crippen molar-refractivity contribution in [2.75, 3.05) is 40.3 Å². The maximum absolute atomic E-state index is 10.0. The molecule has 1 saturated heterocycles. The molecule has 1 aromatic carbocycles. The van der Waals surface area contributed by atoms with Gasteiger partial charge in [0.2, 0.25) is 0 Å². The summed E-state index contributed by atoms with van der Waals surface area (Å²) in [5.74, 6) is 0.757. The summed E-state index contributed by atoms with van der Waals surface area (Å²) < 4.78 is 0. The Bertz CT molecular complexity index is 882.